The van der Waals surface area contributed by atoms with E-state index >= 15 is 0 Å². The van der Waals surface area contributed by atoms with Crippen LogP contribution in [-0.2, 0) is 11.2 Å². The molecule has 190 valence electrons. The molecule has 36 heavy (non-hydrogen) atoms. The van der Waals surface area contributed by atoms with Crippen LogP contribution in [0.5, 0.6) is 0 Å². The monoisotopic (exact) mass is 491 g/mol. The number of rotatable bonds is 7. The summed E-state index contributed by atoms with van der Waals surface area (Å²) in [5.41, 5.74) is 9.89. The van der Waals surface area contributed by atoms with E-state index in [0.717, 1.165) is 42.5 Å². The van der Waals surface area contributed by atoms with Gasteiger partial charge in [0, 0.05) is 25.2 Å². The van der Waals surface area contributed by atoms with Gasteiger partial charge in [0.25, 0.3) is 0 Å². The Balaban J connectivity index is 1.02. The summed E-state index contributed by atoms with van der Waals surface area (Å²) >= 11 is 0. The minimum absolute atomic E-state index is 0.373. The zero-order chi connectivity index (χ0) is 25.0. The average Bonchev–Trinajstić information content (AvgIpc) is 3.50. The van der Waals surface area contributed by atoms with E-state index in [2.05, 4.69) is 52.0 Å². The normalized spacial score (nSPS) is 28.4. The van der Waals surface area contributed by atoms with Gasteiger partial charge in [0.15, 0.2) is 6.23 Å². The Kier molecular flexibility index (Phi) is 5.91. The second-order valence-electron chi connectivity index (χ2n) is 10.4. The van der Waals surface area contributed by atoms with Crippen molar-refractivity contribution in [3.05, 3.63) is 48.2 Å². The minimum atomic E-state index is -1.06. The van der Waals surface area contributed by atoms with Gasteiger partial charge in [-0.3, -0.25) is 0 Å². The molecule has 2 aliphatic rings. The maximum absolute atomic E-state index is 10.7. The van der Waals surface area contributed by atoms with Gasteiger partial charge in [0.1, 0.15) is 41.9 Å². The summed E-state index contributed by atoms with van der Waals surface area (Å²) in [6.07, 6.45) is 4.17. The molecule has 1 aromatic carbocycles. The van der Waals surface area contributed by atoms with Gasteiger partial charge in [-0.1, -0.05) is 6.07 Å². The molecule has 1 aliphatic carbocycles. The predicted octanol–water partition coefficient (Wildman–Crippen LogP) is 2.16. The van der Waals surface area contributed by atoms with Gasteiger partial charge in [-0.2, -0.15) is 0 Å². The summed E-state index contributed by atoms with van der Waals surface area (Å²) in [6.45, 7) is 2.64. The van der Waals surface area contributed by atoms with Crippen LogP contribution in [-0.4, -0.2) is 77.6 Å². The number of aryl methyl sites for hydroxylation is 2. The molecule has 1 saturated heterocycles. The molecule has 5 N–H and O–H groups in total. The number of hydrogen-bond acceptors (Lipinski definition) is 8. The number of anilines is 1. The third kappa shape index (κ3) is 4.13. The Hall–Kier alpha value is -3.05. The lowest BCUT2D eigenvalue weighted by atomic mass is 9.76. The summed E-state index contributed by atoms with van der Waals surface area (Å²) in [7, 11) is 2.07. The van der Waals surface area contributed by atoms with Crippen molar-refractivity contribution in [1.29, 1.82) is 0 Å². The van der Waals surface area contributed by atoms with E-state index in [0.29, 0.717) is 35.4 Å². The van der Waals surface area contributed by atoms with Crippen LogP contribution in [0.4, 0.5) is 5.82 Å². The summed E-state index contributed by atoms with van der Waals surface area (Å²) < 4.78 is 7.87. The lowest BCUT2D eigenvalue weighted by Crippen LogP contribution is -2.47. The van der Waals surface area contributed by atoms with Crippen LogP contribution in [0.15, 0.2) is 36.8 Å². The molecule has 2 fully saturated rings. The molecule has 0 bridgehead atoms. The fraction of sp³-hybridized carbons (Fsp3) is 0.500. The van der Waals surface area contributed by atoms with Crippen LogP contribution in [0, 0.1) is 12.8 Å². The SMILES string of the molecule is Cc1ccc2nc(CCC3CC(N(C)C[C@H]4O[C@@H](n5ccc6c(N)ncnc65)[C@H](O)[C@@H]4O)C3)[nH]c2c1. The molecule has 10 nitrogen and oxygen atoms in total. The molecule has 4 aromatic rings. The quantitative estimate of drug-likeness (QED) is 0.309. The number of benzene rings is 1. The first-order valence-electron chi connectivity index (χ1n) is 12.6. The Labute approximate surface area is 209 Å². The second-order valence-corrected chi connectivity index (χ2v) is 10.4. The highest BCUT2D eigenvalue weighted by Crippen LogP contribution is 2.37. The first kappa shape index (κ1) is 23.4. The number of hydrogen-bond donors (Lipinski definition) is 4. The number of nitrogens with zero attached hydrogens (tertiary/aromatic N) is 5. The lowest BCUT2D eigenvalue weighted by molar-refractivity contribution is -0.0512. The number of fused-ring (bicyclic) bond motifs is 2. The van der Waals surface area contributed by atoms with Crippen LogP contribution in [0.3, 0.4) is 0 Å². The van der Waals surface area contributed by atoms with E-state index in [1.165, 1.54) is 11.9 Å². The maximum Gasteiger partial charge on any atom is 0.164 e. The Morgan fingerprint density at radius 1 is 1.19 bits per heavy atom. The third-order valence-electron chi connectivity index (χ3n) is 7.93. The zero-order valence-corrected chi connectivity index (χ0v) is 20.6. The summed E-state index contributed by atoms with van der Waals surface area (Å²) in [5.74, 6) is 2.09. The molecule has 3 aromatic heterocycles. The topological polar surface area (TPSA) is 138 Å². The van der Waals surface area contributed by atoms with Gasteiger partial charge >= 0.3 is 0 Å². The van der Waals surface area contributed by atoms with Crippen molar-refractivity contribution >= 4 is 27.9 Å². The Bertz CT molecular complexity index is 1380. The lowest BCUT2D eigenvalue weighted by Gasteiger charge is -2.42. The number of nitrogen functional groups attached to an aromatic ring is 1. The molecule has 0 spiro atoms. The van der Waals surface area contributed by atoms with Gasteiger partial charge in [-0.25, -0.2) is 15.0 Å². The number of aliphatic hydroxyl groups excluding tert-OH is 2. The highest BCUT2D eigenvalue weighted by atomic mass is 16.6. The zero-order valence-electron chi connectivity index (χ0n) is 20.6. The summed E-state index contributed by atoms with van der Waals surface area (Å²) in [6, 6.07) is 8.55. The fourth-order valence-electron chi connectivity index (χ4n) is 5.67. The van der Waals surface area contributed by atoms with E-state index in [4.69, 9.17) is 15.5 Å². The maximum atomic E-state index is 10.7. The molecule has 0 unspecified atom stereocenters. The predicted molar refractivity (Wildman–Crippen MR) is 136 cm³/mol. The van der Waals surface area contributed by atoms with Crippen molar-refractivity contribution in [2.45, 2.75) is 63.2 Å². The number of nitrogens with one attached hydrogen (secondary N) is 1. The number of likely N-dealkylation sites (N-methyl/N-ethyl adjacent to an activating group) is 1. The Morgan fingerprint density at radius 2 is 2.03 bits per heavy atom. The molecule has 4 heterocycles. The number of nitrogens with two attached hydrogens (primary N) is 1. The summed E-state index contributed by atoms with van der Waals surface area (Å²) in [4.78, 5) is 18.7. The van der Waals surface area contributed by atoms with Gasteiger partial charge in [0.2, 0.25) is 0 Å². The number of aromatic amines is 1. The first-order chi connectivity index (χ1) is 17.4. The van der Waals surface area contributed by atoms with Gasteiger partial charge in [0.05, 0.1) is 16.4 Å². The van der Waals surface area contributed by atoms with E-state index in [1.54, 1.807) is 16.8 Å². The van der Waals surface area contributed by atoms with Crippen molar-refractivity contribution in [2.75, 3.05) is 19.3 Å². The van der Waals surface area contributed by atoms with E-state index < -0.39 is 24.5 Å². The van der Waals surface area contributed by atoms with E-state index in [-0.39, 0.29) is 0 Å². The van der Waals surface area contributed by atoms with E-state index in [1.807, 2.05) is 0 Å². The standard InChI is InChI=1S/C26H33N7O3/c1-14-3-5-18-19(9-14)31-21(30-18)6-4-15-10-16(11-15)32(2)12-20-22(34)23(35)26(36-20)33-8-7-17-24(27)28-13-29-25(17)33/h3,5,7-9,13,15-16,20,22-23,26,34-35H,4,6,10-12H2,1-2H3,(H,30,31)(H2,27,28,29)/t15?,16?,20-,22-,23-,26-/m1/s1. The van der Waals surface area contributed by atoms with Gasteiger partial charge in [-0.15, -0.1) is 0 Å². The van der Waals surface area contributed by atoms with Gasteiger partial charge in [-0.05, 0) is 62.9 Å². The number of aromatic nitrogens is 5. The smallest absolute Gasteiger partial charge is 0.164 e. The van der Waals surface area contributed by atoms with Crippen LogP contribution in [0.2, 0.25) is 0 Å². The van der Waals surface area contributed by atoms with E-state index in [9.17, 15) is 10.2 Å². The van der Waals surface area contributed by atoms with Crippen LogP contribution in [0.25, 0.3) is 22.1 Å². The molecule has 0 radical (unpaired) electrons. The highest BCUT2D eigenvalue weighted by molar-refractivity contribution is 5.86. The number of H-pyrrole nitrogens is 1. The van der Waals surface area contributed by atoms with Crippen LogP contribution >= 0.6 is 0 Å². The van der Waals surface area contributed by atoms with Crippen molar-refractivity contribution in [1.82, 2.24) is 29.4 Å². The largest absolute Gasteiger partial charge is 0.387 e. The van der Waals surface area contributed by atoms with Crippen molar-refractivity contribution in [2.24, 2.45) is 5.92 Å². The molecule has 6 rings (SSSR count). The molecule has 1 saturated carbocycles. The number of ether oxygens (including phenoxy) is 1. The number of imidazole rings is 1. The molecule has 0 amide bonds. The van der Waals surface area contributed by atoms with Crippen molar-refractivity contribution in [3.63, 3.8) is 0 Å². The summed E-state index contributed by atoms with van der Waals surface area (Å²) in [5, 5.41) is 22.2. The van der Waals surface area contributed by atoms with Crippen molar-refractivity contribution in [3.8, 4) is 0 Å². The van der Waals surface area contributed by atoms with Crippen LogP contribution < -0.4 is 5.73 Å². The van der Waals surface area contributed by atoms with Gasteiger partial charge < -0.3 is 35.1 Å². The Morgan fingerprint density at radius 3 is 2.86 bits per heavy atom. The molecule has 1 aliphatic heterocycles. The van der Waals surface area contributed by atoms with Crippen LogP contribution in [0.1, 0.15) is 36.9 Å². The highest BCUT2D eigenvalue weighted by Gasteiger charge is 2.45. The fourth-order valence-corrected chi connectivity index (χ4v) is 5.67. The molecule has 4 atom stereocenters. The van der Waals surface area contributed by atoms with Crippen molar-refractivity contribution < 1.29 is 14.9 Å². The molecular formula is C26H33N7O3. The third-order valence-corrected chi connectivity index (χ3v) is 7.93. The minimum Gasteiger partial charge on any atom is -0.387 e. The number of aliphatic hydroxyl groups is 2. The second kappa shape index (κ2) is 9.11. The average molecular weight is 492 g/mol. The molecule has 10 heteroatoms. The molecular weight excluding hydrogens is 458 g/mol. The first-order valence-corrected chi connectivity index (χ1v) is 12.6.